The summed E-state index contributed by atoms with van der Waals surface area (Å²) in [5.41, 5.74) is 0. The molecule has 1 aliphatic rings. The summed E-state index contributed by atoms with van der Waals surface area (Å²) in [6.45, 7) is 15.1. The number of methoxy groups -OCH3 is 1. The second-order valence-electron chi connectivity index (χ2n) is 7.48. The quantitative estimate of drug-likeness (QED) is 0.205. The van der Waals surface area contributed by atoms with E-state index in [1.54, 1.807) is 7.11 Å². The molecule has 0 aromatic rings. The van der Waals surface area contributed by atoms with Crippen molar-refractivity contribution in [3.8, 4) is 0 Å². The van der Waals surface area contributed by atoms with Gasteiger partial charge in [0, 0.05) is 58.5 Å². The summed E-state index contributed by atoms with van der Waals surface area (Å²) < 4.78 is 5.21. The van der Waals surface area contributed by atoms with Gasteiger partial charge in [0.25, 0.3) is 0 Å². The highest BCUT2D eigenvalue weighted by molar-refractivity contribution is 14.0. The predicted molar refractivity (Wildman–Crippen MR) is 123 cm³/mol. The van der Waals surface area contributed by atoms with Gasteiger partial charge in [-0.15, -0.1) is 24.0 Å². The van der Waals surface area contributed by atoms with E-state index in [0.29, 0.717) is 18.1 Å². The maximum atomic E-state index is 5.21. The fraction of sp³-hybridized carbons (Fsp3) is 0.947. The molecule has 0 aromatic heterocycles. The molecule has 1 unspecified atom stereocenters. The van der Waals surface area contributed by atoms with Crippen molar-refractivity contribution in [3.63, 3.8) is 0 Å². The molecule has 1 fully saturated rings. The number of hydrogen-bond donors (Lipinski definition) is 2. The van der Waals surface area contributed by atoms with Crippen LogP contribution >= 0.6 is 24.0 Å². The van der Waals surface area contributed by atoms with E-state index >= 15 is 0 Å². The van der Waals surface area contributed by atoms with Crippen LogP contribution in [-0.4, -0.2) is 87.4 Å². The Labute approximate surface area is 178 Å². The van der Waals surface area contributed by atoms with Crippen molar-refractivity contribution in [2.45, 2.75) is 65.1 Å². The molecule has 0 amide bonds. The summed E-state index contributed by atoms with van der Waals surface area (Å²) in [5, 5.41) is 6.95. The van der Waals surface area contributed by atoms with Crippen LogP contribution < -0.4 is 10.6 Å². The van der Waals surface area contributed by atoms with Crippen molar-refractivity contribution in [1.29, 1.82) is 0 Å². The third-order valence-corrected chi connectivity index (χ3v) is 5.02. The van der Waals surface area contributed by atoms with Gasteiger partial charge in [-0.05, 0) is 53.5 Å². The van der Waals surface area contributed by atoms with Crippen LogP contribution in [0.3, 0.4) is 0 Å². The molecule has 1 atom stereocenters. The van der Waals surface area contributed by atoms with E-state index in [0.717, 1.165) is 45.2 Å². The van der Waals surface area contributed by atoms with Crippen molar-refractivity contribution in [3.05, 3.63) is 0 Å². The minimum Gasteiger partial charge on any atom is -0.383 e. The number of hydrogen-bond acceptors (Lipinski definition) is 4. The number of aliphatic imine (C=N–C) groups is 1. The summed E-state index contributed by atoms with van der Waals surface area (Å²) in [7, 11) is 3.62. The van der Waals surface area contributed by atoms with Crippen LogP contribution in [0.2, 0.25) is 0 Å². The highest BCUT2D eigenvalue weighted by Gasteiger charge is 2.23. The third-order valence-electron chi connectivity index (χ3n) is 5.02. The van der Waals surface area contributed by atoms with Crippen molar-refractivity contribution >= 4 is 29.9 Å². The number of nitrogens with zero attached hydrogens (tertiary/aromatic N) is 3. The summed E-state index contributed by atoms with van der Waals surface area (Å²) in [6.07, 6.45) is 3.66. The molecule has 1 heterocycles. The average molecular weight is 483 g/mol. The average Bonchev–Trinajstić information content (AvgIpc) is 3.02. The molecule has 1 aliphatic heterocycles. The molecule has 7 heteroatoms. The van der Waals surface area contributed by atoms with Crippen LogP contribution in [0.15, 0.2) is 4.99 Å². The van der Waals surface area contributed by atoms with Gasteiger partial charge in [0.1, 0.15) is 0 Å². The van der Waals surface area contributed by atoms with Crippen molar-refractivity contribution in [1.82, 2.24) is 20.4 Å². The Morgan fingerprint density at radius 3 is 2.50 bits per heavy atom. The maximum Gasteiger partial charge on any atom is 0.191 e. The van der Waals surface area contributed by atoms with Gasteiger partial charge < -0.3 is 15.4 Å². The van der Waals surface area contributed by atoms with E-state index < -0.39 is 0 Å². The van der Waals surface area contributed by atoms with Gasteiger partial charge in [0.05, 0.1) is 6.61 Å². The molecule has 6 nitrogen and oxygen atoms in total. The first-order chi connectivity index (χ1) is 12.0. The molecular formula is C19H42IN5O. The molecule has 0 saturated carbocycles. The first-order valence-corrected chi connectivity index (χ1v) is 9.92. The molecular weight excluding hydrogens is 441 g/mol. The second-order valence-corrected chi connectivity index (χ2v) is 7.48. The Hall–Kier alpha value is -0.120. The largest absolute Gasteiger partial charge is 0.383 e. The fourth-order valence-corrected chi connectivity index (χ4v) is 3.65. The van der Waals surface area contributed by atoms with E-state index in [4.69, 9.17) is 4.74 Å². The number of rotatable bonds is 11. The lowest BCUT2D eigenvalue weighted by Gasteiger charge is -2.30. The summed E-state index contributed by atoms with van der Waals surface area (Å²) in [4.78, 5) is 9.41. The van der Waals surface area contributed by atoms with E-state index in [9.17, 15) is 0 Å². The number of nitrogens with one attached hydrogen (secondary N) is 2. The molecule has 2 N–H and O–H groups in total. The van der Waals surface area contributed by atoms with Gasteiger partial charge in [-0.25, -0.2) is 0 Å². The highest BCUT2D eigenvalue weighted by atomic mass is 127. The van der Waals surface area contributed by atoms with Crippen LogP contribution in [0, 0.1) is 0 Å². The zero-order valence-electron chi connectivity index (χ0n) is 17.8. The molecule has 0 aliphatic carbocycles. The minimum absolute atomic E-state index is 0. The summed E-state index contributed by atoms with van der Waals surface area (Å²) >= 11 is 0. The Kier molecular flexibility index (Phi) is 14.8. The monoisotopic (exact) mass is 483 g/mol. The molecule has 0 aromatic carbocycles. The molecule has 26 heavy (non-hydrogen) atoms. The molecule has 1 saturated heterocycles. The van der Waals surface area contributed by atoms with E-state index in [-0.39, 0.29) is 24.0 Å². The van der Waals surface area contributed by atoms with Crippen LogP contribution in [-0.2, 0) is 4.74 Å². The predicted octanol–water partition coefficient (Wildman–Crippen LogP) is 2.39. The van der Waals surface area contributed by atoms with Gasteiger partial charge in [0.2, 0.25) is 0 Å². The van der Waals surface area contributed by atoms with Gasteiger partial charge in [-0.2, -0.15) is 0 Å². The van der Waals surface area contributed by atoms with Crippen LogP contribution in [0.4, 0.5) is 0 Å². The lowest BCUT2D eigenvalue weighted by atomic mass is 10.2. The fourth-order valence-electron chi connectivity index (χ4n) is 3.65. The summed E-state index contributed by atoms with van der Waals surface area (Å²) in [5.74, 6) is 0.916. The number of guanidine groups is 1. The number of ether oxygens (including phenoxy) is 1. The van der Waals surface area contributed by atoms with Crippen molar-refractivity contribution in [2.24, 2.45) is 4.99 Å². The van der Waals surface area contributed by atoms with Crippen molar-refractivity contribution < 1.29 is 4.74 Å². The lowest BCUT2D eigenvalue weighted by molar-refractivity contribution is 0.141. The Bertz CT molecular complexity index is 371. The van der Waals surface area contributed by atoms with E-state index in [2.05, 4.69) is 53.1 Å². The van der Waals surface area contributed by atoms with Crippen LogP contribution in [0.5, 0.6) is 0 Å². The molecule has 1 rings (SSSR count). The second kappa shape index (κ2) is 14.9. The molecule has 0 spiro atoms. The molecule has 0 radical (unpaired) electrons. The summed E-state index contributed by atoms with van der Waals surface area (Å²) in [6, 6.07) is 1.78. The third kappa shape index (κ3) is 9.71. The van der Waals surface area contributed by atoms with Gasteiger partial charge in [-0.3, -0.25) is 14.8 Å². The first kappa shape index (κ1) is 25.9. The van der Waals surface area contributed by atoms with Crippen LogP contribution in [0.25, 0.3) is 0 Å². The van der Waals surface area contributed by atoms with E-state index in [1.807, 2.05) is 7.05 Å². The highest BCUT2D eigenvalue weighted by Crippen LogP contribution is 2.15. The molecule has 0 bridgehead atoms. The Morgan fingerprint density at radius 1 is 1.23 bits per heavy atom. The molecule has 156 valence electrons. The smallest absolute Gasteiger partial charge is 0.191 e. The van der Waals surface area contributed by atoms with Gasteiger partial charge in [0.15, 0.2) is 5.96 Å². The lowest BCUT2D eigenvalue weighted by Crippen LogP contribution is -2.46. The zero-order chi connectivity index (χ0) is 18.7. The normalized spacial score (nSPS) is 18.7. The Morgan fingerprint density at radius 2 is 1.92 bits per heavy atom. The number of halogens is 1. The van der Waals surface area contributed by atoms with Gasteiger partial charge in [-0.1, -0.05) is 0 Å². The van der Waals surface area contributed by atoms with E-state index in [1.165, 1.54) is 19.4 Å². The SMILES string of the molecule is CN=C(NCCCN(C(C)C)C(C)C)NCC1CCCN1CCOC.I. The Balaban J connectivity index is 0.00000625. The maximum absolute atomic E-state index is 5.21. The standard InChI is InChI=1S/C19H41N5O.HI/c1-16(2)24(17(3)4)12-8-10-21-19(20-5)22-15-18-9-7-11-23(18)13-14-25-6;/h16-18H,7-15H2,1-6H3,(H2,20,21,22);1H. The van der Waals surface area contributed by atoms with Crippen LogP contribution in [0.1, 0.15) is 47.0 Å². The first-order valence-electron chi connectivity index (χ1n) is 9.92. The van der Waals surface area contributed by atoms with Gasteiger partial charge >= 0.3 is 0 Å². The zero-order valence-corrected chi connectivity index (χ0v) is 20.1. The number of likely N-dealkylation sites (tertiary alicyclic amines) is 1. The topological polar surface area (TPSA) is 52.1 Å². The minimum atomic E-state index is 0. The van der Waals surface area contributed by atoms with Crippen molar-refractivity contribution in [2.75, 3.05) is 53.5 Å².